The van der Waals surface area contributed by atoms with Crippen LogP contribution in [0.3, 0.4) is 0 Å². The van der Waals surface area contributed by atoms with Crippen LogP contribution in [0.5, 0.6) is 0 Å². The van der Waals surface area contributed by atoms with Crippen molar-refractivity contribution in [3.05, 3.63) is 66.2 Å². The highest BCUT2D eigenvalue weighted by Crippen LogP contribution is 1.96. The van der Waals surface area contributed by atoms with Gasteiger partial charge >= 0.3 is 0 Å². The fourth-order valence-corrected chi connectivity index (χ4v) is 1.07. The van der Waals surface area contributed by atoms with Crippen LogP contribution in [-0.2, 0) is 6.54 Å². The smallest absolute Gasteiger partial charge is 0.0313 e. The molecule has 0 unspecified atom stereocenters. The van der Waals surface area contributed by atoms with Gasteiger partial charge in [0.15, 0.2) is 0 Å². The summed E-state index contributed by atoms with van der Waals surface area (Å²) >= 11 is 0. The molecule has 0 aliphatic carbocycles. The number of anilines is 1. The molecule has 2 aromatic carbocycles. The summed E-state index contributed by atoms with van der Waals surface area (Å²) in [5.74, 6) is 0. The number of hydrogen-bond acceptors (Lipinski definition) is 2. The fourth-order valence-electron chi connectivity index (χ4n) is 1.07. The minimum Gasteiger partial charge on any atom is -0.399 e. The Bertz CT molecular complexity index is 371. The molecule has 0 aliphatic heterocycles. The first-order valence-electron chi connectivity index (χ1n) is 7.29. The van der Waals surface area contributed by atoms with E-state index in [2.05, 4.69) is 13.8 Å². The zero-order valence-electron chi connectivity index (χ0n) is 13.3. The van der Waals surface area contributed by atoms with Crippen molar-refractivity contribution in [3.63, 3.8) is 0 Å². The number of nitrogens with two attached hydrogens (primary N) is 2. The molecule has 4 N–H and O–H groups in total. The SMILES string of the molecule is CC.CCC.NCc1ccccc1.Nc1ccccc1. The standard InChI is InChI=1S/C7H9N.C6H7N.C3H8.C2H6/c8-6-7-4-2-1-3-5-7;7-6-4-2-1-3-5-6;1-3-2;1-2/h1-5H,6,8H2;1-5H,7H2;3H2,1-2H3;1-2H3. The lowest BCUT2D eigenvalue weighted by molar-refractivity contribution is 1.07. The third kappa shape index (κ3) is 14.3. The van der Waals surface area contributed by atoms with Crippen molar-refractivity contribution in [2.24, 2.45) is 5.73 Å². The molecule has 0 radical (unpaired) electrons. The van der Waals surface area contributed by atoms with Crippen molar-refractivity contribution in [2.45, 2.75) is 40.7 Å². The number of para-hydroxylation sites is 1. The second kappa shape index (κ2) is 17.2. The monoisotopic (exact) mass is 274 g/mol. The summed E-state index contributed by atoms with van der Waals surface area (Å²) in [6, 6.07) is 19.5. The Balaban J connectivity index is 0. The fraction of sp³-hybridized carbons (Fsp3) is 0.333. The molecule has 20 heavy (non-hydrogen) atoms. The van der Waals surface area contributed by atoms with Crippen LogP contribution in [0.2, 0.25) is 0 Å². The van der Waals surface area contributed by atoms with Gasteiger partial charge in [-0.3, -0.25) is 0 Å². The first-order valence-corrected chi connectivity index (χ1v) is 7.29. The van der Waals surface area contributed by atoms with Crippen molar-refractivity contribution in [1.29, 1.82) is 0 Å². The van der Waals surface area contributed by atoms with Crippen LogP contribution in [-0.4, -0.2) is 0 Å². The van der Waals surface area contributed by atoms with E-state index in [1.807, 2.05) is 74.5 Å². The van der Waals surface area contributed by atoms with Gasteiger partial charge in [-0.1, -0.05) is 82.6 Å². The van der Waals surface area contributed by atoms with E-state index in [0.717, 1.165) is 5.69 Å². The maximum atomic E-state index is 5.36. The highest BCUT2D eigenvalue weighted by Gasteiger charge is 1.80. The Morgan fingerprint density at radius 2 is 1.10 bits per heavy atom. The topological polar surface area (TPSA) is 52.0 Å². The number of benzene rings is 2. The van der Waals surface area contributed by atoms with Crippen LogP contribution in [0.1, 0.15) is 39.7 Å². The van der Waals surface area contributed by atoms with Gasteiger partial charge in [0.05, 0.1) is 0 Å². The van der Waals surface area contributed by atoms with Crippen molar-refractivity contribution in [3.8, 4) is 0 Å². The van der Waals surface area contributed by atoms with Gasteiger partial charge in [0.1, 0.15) is 0 Å². The molecule has 0 heterocycles. The molecule has 0 spiro atoms. The molecule has 2 nitrogen and oxygen atoms in total. The van der Waals surface area contributed by atoms with Crippen LogP contribution < -0.4 is 11.5 Å². The molecule has 2 aromatic rings. The highest BCUT2D eigenvalue weighted by atomic mass is 14.5. The van der Waals surface area contributed by atoms with Gasteiger partial charge in [0.25, 0.3) is 0 Å². The van der Waals surface area contributed by atoms with Crippen LogP contribution in [0.15, 0.2) is 60.7 Å². The molecule has 0 saturated carbocycles. The minimum atomic E-state index is 0.640. The summed E-state index contributed by atoms with van der Waals surface area (Å²) in [6.45, 7) is 8.89. The second-order valence-corrected chi connectivity index (χ2v) is 3.81. The van der Waals surface area contributed by atoms with Crippen molar-refractivity contribution < 1.29 is 0 Å². The predicted molar refractivity (Wildman–Crippen MR) is 92.5 cm³/mol. The van der Waals surface area contributed by atoms with Gasteiger partial charge in [-0.05, 0) is 17.7 Å². The molecule has 2 heteroatoms. The van der Waals surface area contributed by atoms with Gasteiger partial charge in [-0.2, -0.15) is 0 Å². The average molecular weight is 274 g/mol. The van der Waals surface area contributed by atoms with Crippen molar-refractivity contribution >= 4 is 5.69 Å². The molecule has 0 aliphatic rings. The molecule has 0 fully saturated rings. The Morgan fingerprint density at radius 3 is 1.30 bits per heavy atom. The van der Waals surface area contributed by atoms with Gasteiger partial charge in [0, 0.05) is 12.2 Å². The zero-order valence-corrected chi connectivity index (χ0v) is 13.3. The molecule has 0 saturated heterocycles. The van der Waals surface area contributed by atoms with E-state index in [0.29, 0.717) is 6.54 Å². The van der Waals surface area contributed by atoms with E-state index in [1.54, 1.807) is 0 Å². The molecule has 2 rings (SSSR count). The van der Waals surface area contributed by atoms with E-state index in [-0.39, 0.29) is 0 Å². The molecular formula is C18H30N2. The summed E-state index contributed by atoms with van der Waals surface area (Å²) in [6.07, 6.45) is 1.25. The first-order chi connectivity index (χ1) is 9.74. The molecule has 0 amide bonds. The highest BCUT2D eigenvalue weighted by molar-refractivity contribution is 5.35. The van der Waals surface area contributed by atoms with Gasteiger partial charge in [-0.15, -0.1) is 0 Å². The summed E-state index contributed by atoms with van der Waals surface area (Å²) in [5.41, 5.74) is 12.7. The van der Waals surface area contributed by atoms with Crippen LogP contribution >= 0.6 is 0 Å². The van der Waals surface area contributed by atoms with Gasteiger partial charge in [-0.25, -0.2) is 0 Å². The van der Waals surface area contributed by atoms with E-state index in [9.17, 15) is 0 Å². The Hall–Kier alpha value is -1.80. The summed E-state index contributed by atoms with van der Waals surface area (Å²) in [4.78, 5) is 0. The zero-order chi connectivity index (χ0) is 15.6. The second-order valence-electron chi connectivity index (χ2n) is 3.81. The largest absolute Gasteiger partial charge is 0.399 e. The van der Waals surface area contributed by atoms with Gasteiger partial charge < -0.3 is 11.5 Å². The normalized spacial score (nSPS) is 7.85. The van der Waals surface area contributed by atoms with E-state index >= 15 is 0 Å². The lowest BCUT2D eigenvalue weighted by Gasteiger charge is -1.90. The Morgan fingerprint density at radius 1 is 0.750 bits per heavy atom. The lowest BCUT2D eigenvalue weighted by Crippen LogP contribution is -1.94. The predicted octanol–water partition coefficient (Wildman–Crippen LogP) is 4.86. The lowest BCUT2D eigenvalue weighted by atomic mass is 10.2. The molecular weight excluding hydrogens is 244 g/mol. The molecule has 0 bridgehead atoms. The number of rotatable bonds is 1. The third-order valence-corrected chi connectivity index (χ3v) is 1.88. The first kappa shape index (κ1) is 20.5. The average Bonchev–Trinajstić information content (AvgIpc) is 2.52. The quantitative estimate of drug-likeness (QED) is 0.730. The maximum absolute atomic E-state index is 5.36. The summed E-state index contributed by atoms with van der Waals surface area (Å²) in [7, 11) is 0. The van der Waals surface area contributed by atoms with E-state index < -0.39 is 0 Å². The number of hydrogen-bond donors (Lipinski definition) is 2. The molecule has 112 valence electrons. The summed E-state index contributed by atoms with van der Waals surface area (Å²) in [5, 5.41) is 0. The number of nitrogen functional groups attached to an aromatic ring is 1. The summed E-state index contributed by atoms with van der Waals surface area (Å²) < 4.78 is 0. The maximum Gasteiger partial charge on any atom is 0.0313 e. The van der Waals surface area contributed by atoms with Crippen molar-refractivity contribution in [2.75, 3.05) is 5.73 Å². The van der Waals surface area contributed by atoms with E-state index in [4.69, 9.17) is 11.5 Å². The van der Waals surface area contributed by atoms with Crippen molar-refractivity contribution in [1.82, 2.24) is 0 Å². The third-order valence-electron chi connectivity index (χ3n) is 1.88. The van der Waals surface area contributed by atoms with E-state index in [1.165, 1.54) is 12.0 Å². The van der Waals surface area contributed by atoms with Gasteiger partial charge in [0.2, 0.25) is 0 Å². The molecule has 0 atom stereocenters. The Labute approximate surface area is 124 Å². The Kier molecular flexibility index (Phi) is 17.6. The van der Waals surface area contributed by atoms with Crippen LogP contribution in [0.25, 0.3) is 0 Å². The van der Waals surface area contributed by atoms with Crippen LogP contribution in [0, 0.1) is 0 Å². The minimum absolute atomic E-state index is 0.640. The molecule has 0 aromatic heterocycles. The van der Waals surface area contributed by atoms with Crippen LogP contribution in [0.4, 0.5) is 5.69 Å².